The molecule has 2 aromatic heterocycles. The number of likely N-dealkylation sites (tertiary alicyclic amines) is 1. The van der Waals surface area contributed by atoms with Gasteiger partial charge in [-0.2, -0.15) is 0 Å². The minimum atomic E-state index is -0.203. The van der Waals surface area contributed by atoms with Gasteiger partial charge in [0.2, 0.25) is 5.88 Å². The van der Waals surface area contributed by atoms with Crippen LogP contribution in [0.5, 0.6) is 5.88 Å². The van der Waals surface area contributed by atoms with Crippen molar-refractivity contribution >= 4 is 34.4 Å². The van der Waals surface area contributed by atoms with E-state index in [0.29, 0.717) is 24.8 Å². The van der Waals surface area contributed by atoms with E-state index in [2.05, 4.69) is 42.9 Å². The van der Waals surface area contributed by atoms with Crippen LogP contribution in [-0.4, -0.2) is 45.1 Å². The predicted molar refractivity (Wildman–Crippen MR) is 84.0 cm³/mol. The number of carbonyl (C=O) groups is 1. The van der Waals surface area contributed by atoms with E-state index in [-0.39, 0.29) is 12.1 Å². The Balaban J connectivity index is 1.47. The van der Waals surface area contributed by atoms with Crippen LogP contribution in [0.25, 0.3) is 0 Å². The number of urea groups is 1. The SMILES string of the molecule is O=C(Nc1cnccn1)N1CC(Oc2ccc(I)cn2)C1. The summed E-state index contributed by atoms with van der Waals surface area (Å²) in [6.45, 7) is 1.06. The fourth-order valence-electron chi connectivity index (χ4n) is 1.83. The van der Waals surface area contributed by atoms with Crippen molar-refractivity contribution in [2.45, 2.75) is 6.10 Å². The van der Waals surface area contributed by atoms with E-state index in [0.717, 1.165) is 3.57 Å². The molecule has 1 aliphatic heterocycles. The number of carbonyl (C=O) groups excluding carboxylic acids is 1. The number of hydrogen-bond acceptors (Lipinski definition) is 5. The van der Waals surface area contributed by atoms with Gasteiger partial charge >= 0.3 is 6.03 Å². The number of halogens is 1. The summed E-state index contributed by atoms with van der Waals surface area (Å²) in [7, 11) is 0. The van der Waals surface area contributed by atoms with Crippen LogP contribution in [0, 0.1) is 3.57 Å². The van der Waals surface area contributed by atoms with Crippen molar-refractivity contribution in [3.8, 4) is 5.88 Å². The van der Waals surface area contributed by atoms with E-state index in [1.54, 1.807) is 17.3 Å². The first-order valence-corrected chi connectivity index (χ1v) is 7.39. The summed E-state index contributed by atoms with van der Waals surface area (Å²) < 4.78 is 6.73. The molecule has 108 valence electrons. The third-order valence-corrected chi connectivity index (χ3v) is 3.56. The van der Waals surface area contributed by atoms with Crippen LogP contribution < -0.4 is 10.1 Å². The smallest absolute Gasteiger partial charge is 0.323 e. The molecule has 0 aliphatic carbocycles. The third-order valence-electron chi connectivity index (χ3n) is 2.92. The molecule has 1 fully saturated rings. The van der Waals surface area contributed by atoms with Crippen molar-refractivity contribution in [2.75, 3.05) is 18.4 Å². The minimum absolute atomic E-state index is 0.0230. The Labute approximate surface area is 134 Å². The first kappa shape index (κ1) is 14.0. The Kier molecular flexibility index (Phi) is 4.13. The fraction of sp³-hybridized carbons (Fsp3) is 0.231. The summed E-state index contributed by atoms with van der Waals surface area (Å²) in [5, 5.41) is 2.68. The van der Waals surface area contributed by atoms with E-state index in [1.807, 2.05) is 12.1 Å². The van der Waals surface area contributed by atoms with E-state index >= 15 is 0 Å². The third kappa shape index (κ3) is 3.57. The summed E-state index contributed by atoms with van der Waals surface area (Å²) in [4.78, 5) is 25.6. The van der Waals surface area contributed by atoms with Gasteiger partial charge in [-0.1, -0.05) is 0 Å². The topological polar surface area (TPSA) is 80.2 Å². The Bertz CT molecular complexity index is 616. The van der Waals surface area contributed by atoms with Gasteiger partial charge in [-0.25, -0.2) is 14.8 Å². The lowest BCUT2D eigenvalue weighted by molar-refractivity contribution is 0.0460. The van der Waals surface area contributed by atoms with Crippen LogP contribution in [0.4, 0.5) is 10.6 Å². The molecule has 0 bridgehead atoms. The van der Waals surface area contributed by atoms with Crippen molar-refractivity contribution < 1.29 is 9.53 Å². The standard InChI is InChI=1S/C13H12IN5O2/c14-9-1-2-12(17-5-9)21-10-7-19(8-10)13(20)18-11-6-15-3-4-16-11/h1-6,10H,7-8H2,(H,16,18,20). The number of hydrogen-bond donors (Lipinski definition) is 1. The van der Waals surface area contributed by atoms with Crippen molar-refractivity contribution in [3.63, 3.8) is 0 Å². The molecule has 0 aromatic carbocycles. The highest BCUT2D eigenvalue weighted by molar-refractivity contribution is 14.1. The van der Waals surface area contributed by atoms with Crippen molar-refractivity contribution in [1.29, 1.82) is 0 Å². The molecular weight excluding hydrogens is 385 g/mol. The van der Waals surface area contributed by atoms with Gasteiger partial charge in [-0.15, -0.1) is 0 Å². The molecule has 2 amide bonds. The largest absolute Gasteiger partial charge is 0.471 e. The van der Waals surface area contributed by atoms with Crippen LogP contribution in [0.2, 0.25) is 0 Å². The average molecular weight is 397 g/mol. The molecule has 0 radical (unpaired) electrons. The van der Waals surface area contributed by atoms with Gasteiger partial charge in [0.05, 0.1) is 19.3 Å². The van der Waals surface area contributed by atoms with Gasteiger partial charge in [0.1, 0.15) is 6.10 Å². The van der Waals surface area contributed by atoms with Gasteiger partial charge in [-0.3, -0.25) is 10.3 Å². The van der Waals surface area contributed by atoms with E-state index in [9.17, 15) is 4.79 Å². The number of anilines is 1. The summed E-state index contributed by atoms with van der Waals surface area (Å²) in [5.74, 6) is 1.01. The molecular formula is C13H12IN5O2. The second-order valence-electron chi connectivity index (χ2n) is 4.48. The van der Waals surface area contributed by atoms with Gasteiger partial charge < -0.3 is 9.64 Å². The van der Waals surface area contributed by atoms with E-state index in [1.165, 1.54) is 12.4 Å². The number of nitrogens with zero attached hydrogens (tertiary/aromatic N) is 4. The molecule has 8 heteroatoms. The number of ether oxygens (including phenoxy) is 1. The number of aromatic nitrogens is 3. The first-order chi connectivity index (χ1) is 10.2. The fourth-order valence-corrected chi connectivity index (χ4v) is 2.15. The highest BCUT2D eigenvalue weighted by Crippen LogP contribution is 2.17. The molecule has 0 saturated carbocycles. The number of amides is 2. The molecule has 3 rings (SSSR count). The zero-order chi connectivity index (χ0) is 14.7. The quantitative estimate of drug-likeness (QED) is 0.799. The molecule has 3 heterocycles. The summed E-state index contributed by atoms with van der Waals surface area (Å²) in [6.07, 6.45) is 6.30. The Morgan fingerprint density at radius 2 is 2.14 bits per heavy atom. The second kappa shape index (κ2) is 6.20. The number of pyridine rings is 1. The van der Waals surface area contributed by atoms with Gasteiger partial charge in [0, 0.05) is 28.2 Å². The number of rotatable bonds is 3. The Morgan fingerprint density at radius 1 is 1.29 bits per heavy atom. The van der Waals surface area contributed by atoms with Crippen LogP contribution in [-0.2, 0) is 0 Å². The lowest BCUT2D eigenvalue weighted by atomic mass is 10.2. The summed E-state index contributed by atoms with van der Waals surface area (Å²) in [6, 6.07) is 3.55. The first-order valence-electron chi connectivity index (χ1n) is 6.31. The molecule has 1 N–H and O–H groups in total. The maximum absolute atomic E-state index is 11.9. The molecule has 0 spiro atoms. The summed E-state index contributed by atoms with van der Waals surface area (Å²) in [5.41, 5.74) is 0. The van der Waals surface area contributed by atoms with E-state index in [4.69, 9.17) is 4.74 Å². The summed E-state index contributed by atoms with van der Waals surface area (Å²) >= 11 is 2.19. The molecule has 0 atom stereocenters. The molecule has 1 aliphatic rings. The van der Waals surface area contributed by atoms with Gasteiger partial charge in [-0.05, 0) is 28.7 Å². The monoisotopic (exact) mass is 397 g/mol. The highest BCUT2D eigenvalue weighted by atomic mass is 127. The second-order valence-corrected chi connectivity index (χ2v) is 5.73. The molecule has 7 nitrogen and oxygen atoms in total. The Morgan fingerprint density at radius 3 is 2.81 bits per heavy atom. The number of nitrogens with one attached hydrogen (secondary N) is 1. The van der Waals surface area contributed by atoms with E-state index < -0.39 is 0 Å². The molecule has 21 heavy (non-hydrogen) atoms. The minimum Gasteiger partial charge on any atom is -0.471 e. The van der Waals surface area contributed by atoms with Gasteiger partial charge in [0.15, 0.2) is 5.82 Å². The lowest BCUT2D eigenvalue weighted by Gasteiger charge is -2.38. The maximum Gasteiger partial charge on any atom is 0.323 e. The molecule has 1 saturated heterocycles. The van der Waals surface area contributed by atoms with Crippen molar-refractivity contribution in [3.05, 3.63) is 40.5 Å². The average Bonchev–Trinajstić information content (AvgIpc) is 2.45. The lowest BCUT2D eigenvalue weighted by Crippen LogP contribution is -2.57. The predicted octanol–water partition coefficient (Wildman–Crippen LogP) is 1.77. The van der Waals surface area contributed by atoms with Gasteiger partial charge in [0.25, 0.3) is 0 Å². The highest BCUT2D eigenvalue weighted by Gasteiger charge is 2.32. The zero-order valence-electron chi connectivity index (χ0n) is 10.9. The Hall–Kier alpha value is -1.97. The van der Waals surface area contributed by atoms with Crippen LogP contribution >= 0.6 is 22.6 Å². The van der Waals surface area contributed by atoms with Crippen molar-refractivity contribution in [2.24, 2.45) is 0 Å². The van der Waals surface area contributed by atoms with Crippen LogP contribution in [0.15, 0.2) is 36.9 Å². The molecule has 2 aromatic rings. The van der Waals surface area contributed by atoms with Crippen LogP contribution in [0.3, 0.4) is 0 Å². The van der Waals surface area contributed by atoms with Crippen molar-refractivity contribution in [1.82, 2.24) is 19.9 Å². The maximum atomic E-state index is 11.9. The normalized spacial score (nSPS) is 14.4. The zero-order valence-corrected chi connectivity index (χ0v) is 13.1. The molecule has 0 unspecified atom stereocenters. The van der Waals surface area contributed by atoms with Crippen LogP contribution in [0.1, 0.15) is 0 Å².